The second-order valence-corrected chi connectivity index (χ2v) is 7.36. The first-order chi connectivity index (χ1) is 12.7. The second-order valence-electron chi connectivity index (χ2n) is 7.36. The molecule has 1 aliphatic carbocycles. The minimum Gasteiger partial charge on any atom is -0.378 e. The Morgan fingerprint density at radius 2 is 1.88 bits per heavy atom. The SMILES string of the molecule is CC1(c2nc(Nc3ccc(N4CCOCC4)cc3)c3[nH]ncc3n2)CC1. The number of benzene rings is 1. The summed E-state index contributed by atoms with van der Waals surface area (Å²) >= 11 is 0. The van der Waals surface area contributed by atoms with E-state index in [-0.39, 0.29) is 5.41 Å². The highest BCUT2D eigenvalue weighted by molar-refractivity contribution is 5.87. The van der Waals surface area contributed by atoms with Gasteiger partial charge in [0.1, 0.15) is 16.9 Å². The van der Waals surface area contributed by atoms with Gasteiger partial charge < -0.3 is 15.0 Å². The third-order valence-corrected chi connectivity index (χ3v) is 5.35. The number of fused-ring (bicyclic) bond motifs is 1. The fourth-order valence-corrected chi connectivity index (χ4v) is 3.33. The number of hydrogen-bond acceptors (Lipinski definition) is 6. The summed E-state index contributed by atoms with van der Waals surface area (Å²) in [5.74, 6) is 1.69. The Kier molecular flexibility index (Phi) is 3.56. The number of anilines is 3. The summed E-state index contributed by atoms with van der Waals surface area (Å²) in [5, 5.41) is 10.6. The number of H-pyrrole nitrogens is 1. The zero-order valence-corrected chi connectivity index (χ0v) is 14.8. The minimum absolute atomic E-state index is 0.113. The third-order valence-electron chi connectivity index (χ3n) is 5.35. The number of nitrogens with one attached hydrogen (secondary N) is 2. The molecule has 1 saturated heterocycles. The van der Waals surface area contributed by atoms with Gasteiger partial charge in [0.2, 0.25) is 0 Å². The second kappa shape index (κ2) is 5.95. The van der Waals surface area contributed by atoms with Crippen LogP contribution in [0.5, 0.6) is 0 Å². The molecule has 1 aromatic carbocycles. The van der Waals surface area contributed by atoms with Gasteiger partial charge in [-0.15, -0.1) is 0 Å². The van der Waals surface area contributed by atoms with Gasteiger partial charge in [-0.1, -0.05) is 6.92 Å². The maximum atomic E-state index is 5.42. The largest absolute Gasteiger partial charge is 0.378 e. The molecule has 134 valence electrons. The first-order valence-electron chi connectivity index (χ1n) is 9.13. The number of rotatable bonds is 4. The summed E-state index contributed by atoms with van der Waals surface area (Å²) in [4.78, 5) is 11.8. The average molecular weight is 350 g/mol. The monoisotopic (exact) mass is 350 g/mol. The lowest BCUT2D eigenvalue weighted by molar-refractivity contribution is 0.122. The highest BCUT2D eigenvalue weighted by atomic mass is 16.5. The molecule has 3 heterocycles. The van der Waals surface area contributed by atoms with Crippen LogP contribution in [0.25, 0.3) is 11.0 Å². The van der Waals surface area contributed by atoms with Gasteiger partial charge in [-0.3, -0.25) is 5.10 Å². The van der Waals surface area contributed by atoms with Gasteiger partial charge in [0.25, 0.3) is 0 Å². The third kappa shape index (κ3) is 2.78. The van der Waals surface area contributed by atoms with Crippen molar-refractivity contribution in [3.05, 3.63) is 36.3 Å². The molecule has 3 aromatic rings. The molecule has 7 heteroatoms. The lowest BCUT2D eigenvalue weighted by Gasteiger charge is -2.28. The zero-order chi connectivity index (χ0) is 17.6. The Labute approximate surface area is 151 Å². The molecule has 2 N–H and O–H groups in total. The van der Waals surface area contributed by atoms with E-state index in [0.717, 1.165) is 67.5 Å². The van der Waals surface area contributed by atoms with Crippen molar-refractivity contribution in [1.29, 1.82) is 0 Å². The van der Waals surface area contributed by atoms with Gasteiger partial charge in [0.05, 0.1) is 19.4 Å². The van der Waals surface area contributed by atoms with Gasteiger partial charge in [-0.05, 0) is 37.1 Å². The maximum absolute atomic E-state index is 5.42. The molecule has 1 aliphatic heterocycles. The molecule has 5 rings (SSSR count). The van der Waals surface area contributed by atoms with E-state index in [1.165, 1.54) is 5.69 Å². The number of nitrogens with zero attached hydrogens (tertiary/aromatic N) is 4. The van der Waals surface area contributed by atoms with E-state index in [4.69, 9.17) is 9.72 Å². The molecular weight excluding hydrogens is 328 g/mol. The van der Waals surface area contributed by atoms with Crippen LogP contribution in [0.4, 0.5) is 17.2 Å². The van der Waals surface area contributed by atoms with E-state index in [1.54, 1.807) is 6.20 Å². The van der Waals surface area contributed by atoms with Crippen LogP contribution in [-0.4, -0.2) is 46.5 Å². The van der Waals surface area contributed by atoms with Crippen molar-refractivity contribution in [2.45, 2.75) is 25.2 Å². The predicted molar refractivity (Wildman–Crippen MR) is 101 cm³/mol. The maximum Gasteiger partial charge on any atom is 0.160 e. The molecule has 7 nitrogen and oxygen atoms in total. The van der Waals surface area contributed by atoms with Crippen LogP contribution in [0.15, 0.2) is 30.5 Å². The fraction of sp³-hybridized carbons (Fsp3) is 0.421. The van der Waals surface area contributed by atoms with Gasteiger partial charge >= 0.3 is 0 Å². The molecule has 2 fully saturated rings. The lowest BCUT2D eigenvalue weighted by atomic mass is 10.1. The summed E-state index contributed by atoms with van der Waals surface area (Å²) < 4.78 is 5.42. The molecule has 0 unspecified atom stereocenters. The number of aromatic nitrogens is 4. The Hall–Kier alpha value is -2.67. The molecule has 2 aliphatic rings. The molecule has 26 heavy (non-hydrogen) atoms. The van der Waals surface area contributed by atoms with Crippen molar-refractivity contribution < 1.29 is 4.74 Å². The first-order valence-corrected chi connectivity index (χ1v) is 9.13. The highest BCUT2D eigenvalue weighted by Gasteiger charge is 2.42. The number of ether oxygens (including phenoxy) is 1. The van der Waals surface area contributed by atoms with E-state index in [2.05, 4.69) is 56.6 Å². The predicted octanol–water partition coefficient (Wildman–Crippen LogP) is 2.98. The Balaban J connectivity index is 1.43. The van der Waals surface area contributed by atoms with Gasteiger partial charge in [-0.2, -0.15) is 5.10 Å². The van der Waals surface area contributed by atoms with Gasteiger partial charge in [-0.25, -0.2) is 9.97 Å². The standard InChI is InChI=1S/C19H22N6O/c1-19(6-7-19)18-22-15-12-20-24-16(15)17(23-18)21-13-2-4-14(5-3-13)25-8-10-26-11-9-25/h2-5,12H,6-11H2,1H3,(H,20,24)(H,21,22,23). The molecule has 2 aromatic heterocycles. The van der Waals surface area contributed by atoms with Crippen molar-refractivity contribution in [2.24, 2.45) is 0 Å². The molecular formula is C19H22N6O. The Bertz CT molecular complexity index is 925. The summed E-state index contributed by atoms with van der Waals surface area (Å²) in [5.41, 5.74) is 4.04. The van der Waals surface area contributed by atoms with E-state index in [9.17, 15) is 0 Å². The van der Waals surface area contributed by atoms with Gasteiger partial charge in [0.15, 0.2) is 5.82 Å². The Morgan fingerprint density at radius 3 is 2.62 bits per heavy atom. The molecule has 0 spiro atoms. The topological polar surface area (TPSA) is 79.0 Å². The van der Waals surface area contributed by atoms with Crippen LogP contribution >= 0.6 is 0 Å². The number of aromatic amines is 1. The Morgan fingerprint density at radius 1 is 1.12 bits per heavy atom. The van der Waals surface area contributed by atoms with E-state index >= 15 is 0 Å². The van der Waals surface area contributed by atoms with Crippen molar-refractivity contribution in [3.63, 3.8) is 0 Å². The normalized spacial score (nSPS) is 18.9. The molecule has 0 bridgehead atoms. The van der Waals surface area contributed by atoms with Crippen LogP contribution in [0.2, 0.25) is 0 Å². The van der Waals surface area contributed by atoms with Crippen LogP contribution in [0.3, 0.4) is 0 Å². The van der Waals surface area contributed by atoms with Crippen molar-refractivity contribution in [2.75, 3.05) is 36.5 Å². The molecule has 0 atom stereocenters. The van der Waals surface area contributed by atoms with E-state index in [0.29, 0.717) is 0 Å². The van der Waals surface area contributed by atoms with Crippen LogP contribution in [0.1, 0.15) is 25.6 Å². The quantitative estimate of drug-likeness (QED) is 0.753. The number of morpholine rings is 1. The van der Waals surface area contributed by atoms with Gasteiger partial charge in [0, 0.05) is 29.9 Å². The molecule has 0 radical (unpaired) electrons. The fourth-order valence-electron chi connectivity index (χ4n) is 3.33. The smallest absolute Gasteiger partial charge is 0.160 e. The summed E-state index contributed by atoms with van der Waals surface area (Å²) in [6.45, 7) is 5.68. The summed E-state index contributed by atoms with van der Waals surface area (Å²) in [7, 11) is 0. The average Bonchev–Trinajstić information content (AvgIpc) is 3.25. The zero-order valence-electron chi connectivity index (χ0n) is 14.8. The van der Waals surface area contributed by atoms with Crippen molar-refractivity contribution in [1.82, 2.24) is 20.2 Å². The molecule has 0 amide bonds. The summed E-state index contributed by atoms with van der Waals surface area (Å²) in [6.07, 6.45) is 4.05. The van der Waals surface area contributed by atoms with Crippen molar-refractivity contribution >= 4 is 28.2 Å². The van der Waals surface area contributed by atoms with E-state index in [1.807, 2.05) is 0 Å². The molecule has 1 saturated carbocycles. The van der Waals surface area contributed by atoms with Crippen LogP contribution < -0.4 is 10.2 Å². The number of hydrogen-bond donors (Lipinski definition) is 2. The lowest BCUT2D eigenvalue weighted by Crippen LogP contribution is -2.36. The van der Waals surface area contributed by atoms with Crippen LogP contribution in [0, 0.1) is 0 Å². The first kappa shape index (κ1) is 15.6. The summed E-state index contributed by atoms with van der Waals surface area (Å²) in [6, 6.07) is 8.46. The van der Waals surface area contributed by atoms with Crippen LogP contribution in [-0.2, 0) is 10.2 Å². The van der Waals surface area contributed by atoms with E-state index < -0.39 is 0 Å². The minimum atomic E-state index is 0.113. The van der Waals surface area contributed by atoms with Crippen molar-refractivity contribution in [3.8, 4) is 0 Å². The highest BCUT2D eigenvalue weighted by Crippen LogP contribution is 2.46.